The number of nitrogens with zero attached hydrogens (tertiary/aromatic N) is 1. The second kappa shape index (κ2) is 10.4. The third-order valence-corrected chi connectivity index (χ3v) is 6.26. The minimum absolute atomic E-state index is 0.0339. The van der Waals surface area contributed by atoms with Crippen LogP contribution in [-0.4, -0.2) is 39.8 Å². The van der Waals surface area contributed by atoms with Gasteiger partial charge in [0.25, 0.3) is 5.91 Å². The molecule has 3 N–H and O–H groups in total. The number of aromatic nitrogens is 1. The van der Waals surface area contributed by atoms with Crippen LogP contribution >= 0.6 is 0 Å². The van der Waals surface area contributed by atoms with E-state index in [1.807, 2.05) is 51.1 Å². The molecule has 2 atom stereocenters. The molecule has 8 nitrogen and oxygen atoms in total. The summed E-state index contributed by atoms with van der Waals surface area (Å²) in [6.45, 7) is 6.16. The first-order valence-electron chi connectivity index (χ1n) is 11.8. The Morgan fingerprint density at radius 3 is 2.49 bits per heavy atom. The van der Waals surface area contributed by atoms with Crippen molar-refractivity contribution in [2.75, 3.05) is 0 Å². The second-order valence-corrected chi connectivity index (χ2v) is 9.36. The molecule has 0 bridgehead atoms. The number of ether oxygens (including phenoxy) is 2. The third-order valence-electron chi connectivity index (χ3n) is 6.26. The molecule has 1 aromatic heterocycles. The van der Waals surface area contributed by atoms with Gasteiger partial charge >= 0.3 is 0 Å². The summed E-state index contributed by atoms with van der Waals surface area (Å²) in [7, 11) is 0. The third kappa shape index (κ3) is 5.96. The van der Waals surface area contributed by atoms with Gasteiger partial charge in [0.1, 0.15) is 12.4 Å². The molecule has 184 valence electrons. The monoisotopic (exact) mass is 477 g/mol. The van der Waals surface area contributed by atoms with Gasteiger partial charge in [0.15, 0.2) is 0 Å². The Labute approximate surface area is 204 Å². The number of carbonyl (C=O) groups is 2. The Balaban J connectivity index is 1.45. The van der Waals surface area contributed by atoms with Crippen molar-refractivity contribution < 1.29 is 24.3 Å². The molecule has 2 heterocycles. The van der Waals surface area contributed by atoms with Gasteiger partial charge in [0.05, 0.1) is 29.7 Å². The van der Waals surface area contributed by atoms with Gasteiger partial charge in [-0.3, -0.25) is 19.8 Å². The van der Waals surface area contributed by atoms with Crippen LogP contribution in [0.25, 0.3) is 10.9 Å². The lowest BCUT2D eigenvalue weighted by Crippen LogP contribution is -2.57. The number of pyridine rings is 1. The maximum Gasteiger partial charge on any atom is 0.251 e. The first kappa shape index (κ1) is 24.6. The average Bonchev–Trinajstić information content (AvgIpc) is 2.81. The van der Waals surface area contributed by atoms with E-state index in [1.165, 1.54) is 0 Å². The number of hydrogen-bond donors (Lipinski definition) is 3. The number of carbonyl (C=O) groups excluding carboxylic acids is 2. The molecular weight excluding hydrogens is 446 g/mol. The van der Waals surface area contributed by atoms with Crippen LogP contribution in [0.4, 0.5) is 0 Å². The maximum absolute atomic E-state index is 13.1. The molecule has 3 aromatic rings. The summed E-state index contributed by atoms with van der Waals surface area (Å²) < 4.78 is 11.8. The zero-order valence-electron chi connectivity index (χ0n) is 20.2. The highest BCUT2D eigenvalue weighted by molar-refractivity contribution is 5.95. The SMILES string of the molecule is Cc1cc(COc2ccc(C(=O)NC3(CC(=O)NO)CC(C)OC(C)C3)cc2)c2ccccc2n1. The second-order valence-electron chi connectivity index (χ2n) is 9.36. The Hall–Kier alpha value is -3.49. The fourth-order valence-electron chi connectivity index (χ4n) is 5.00. The number of rotatable bonds is 7. The number of fused-ring (bicyclic) bond motifs is 1. The van der Waals surface area contributed by atoms with Crippen LogP contribution in [0.2, 0.25) is 0 Å². The van der Waals surface area contributed by atoms with E-state index in [9.17, 15) is 9.59 Å². The van der Waals surface area contributed by atoms with E-state index in [0.29, 0.717) is 30.8 Å². The standard InChI is InChI=1S/C27H31N3O5/c1-17-12-21(23-6-4-5-7-24(23)28-17)16-34-22-10-8-20(9-11-22)26(32)29-27(15-25(31)30-33)13-18(2)35-19(3)14-27/h4-12,18-19,33H,13-16H2,1-3H3,(H,29,32)(H,30,31). The lowest BCUT2D eigenvalue weighted by Gasteiger charge is -2.43. The Bertz CT molecular complexity index is 1200. The van der Waals surface area contributed by atoms with Gasteiger partial charge in [0.2, 0.25) is 5.91 Å². The van der Waals surface area contributed by atoms with Crippen LogP contribution in [0, 0.1) is 6.92 Å². The molecule has 0 spiro atoms. The molecule has 4 rings (SSSR count). The van der Waals surface area contributed by atoms with E-state index in [1.54, 1.807) is 29.7 Å². The number of hydroxylamine groups is 1. The number of amides is 2. The topological polar surface area (TPSA) is 110 Å². The highest BCUT2D eigenvalue weighted by atomic mass is 16.5. The number of para-hydroxylation sites is 1. The summed E-state index contributed by atoms with van der Waals surface area (Å²) in [4.78, 5) is 29.6. The molecule has 1 saturated heterocycles. The van der Waals surface area contributed by atoms with Gasteiger partial charge < -0.3 is 14.8 Å². The van der Waals surface area contributed by atoms with Gasteiger partial charge in [-0.15, -0.1) is 0 Å². The first-order valence-corrected chi connectivity index (χ1v) is 11.8. The van der Waals surface area contributed by atoms with Crippen molar-refractivity contribution in [2.45, 2.75) is 64.4 Å². The van der Waals surface area contributed by atoms with Crippen molar-refractivity contribution in [1.29, 1.82) is 0 Å². The zero-order valence-corrected chi connectivity index (χ0v) is 20.2. The molecule has 1 aliphatic heterocycles. The molecule has 0 aliphatic carbocycles. The van der Waals surface area contributed by atoms with Crippen molar-refractivity contribution in [3.8, 4) is 5.75 Å². The van der Waals surface area contributed by atoms with Crippen molar-refractivity contribution >= 4 is 22.7 Å². The molecular formula is C27H31N3O5. The zero-order chi connectivity index (χ0) is 25.0. The van der Waals surface area contributed by atoms with Crippen LogP contribution in [0.5, 0.6) is 5.75 Å². The summed E-state index contributed by atoms with van der Waals surface area (Å²) in [6.07, 6.45) is 0.644. The van der Waals surface area contributed by atoms with Crippen LogP contribution in [0.1, 0.15) is 54.7 Å². The molecule has 2 aromatic carbocycles. The number of nitrogens with one attached hydrogen (secondary N) is 2. The normalized spacial score (nSPS) is 21.9. The highest BCUT2D eigenvalue weighted by Crippen LogP contribution is 2.32. The minimum Gasteiger partial charge on any atom is -0.489 e. The van der Waals surface area contributed by atoms with Crippen LogP contribution in [0.15, 0.2) is 54.6 Å². The predicted octanol–water partition coefficient (Wildman–Crippen LogP) is 4.07. The predicted molar refractivity (Wildman–Crippen MR) is 131 cm³/mol. The Morgan fingerprint density at radius 2 is 1.80 bits per heavy atom. The Kier molecular flexibility index (Phi) is 7.33. The molecule has 35 heavy (non-hydrogen) atoms. The number of hydrogen-bond acceptors (Lipinski definition) is 6. The Morgan fingerprint density at radius 1 is 1.11 bits per heavy atom. The van der Waals surface area contributed by atoms with Gasteiger partial charge in [-0.2, -0.15) is 0 Å². The molecule has 0 radical (unpaired) electrons. The minimum atomic E-state index is -0.809. The van der Waals surface area contributed by atoms with Crippen molar-refractivity contribution in [2.24, 2.45) is 0 Å². The molecule has 2 amide bonds. The van der Waals surface area contributed by atoms with Crippen LogP contribution in [0.3, 0.4) is 0 Å². The van der Waals surface area contributed by atoms with Crippen molar-refractivity contribution in [1.82, 2.24) is 15.8 Å². The molecule has 2 unspecified atom stereocenters. The molecule has 0 saturated carbocycles. The van der Waals surface area contributed by atoms with E-state index in [4.69, 9.17) is 14.7 Å². The fraction of sp³-hybridized carbons (Fsp3) is 0.370. The van der Waals surface area contributed by atoms with Crippen LogP contribution < -0.4 is 15.5 Å². The summed E-state index contributed by atoms with van der Waals surface area (Å²) in [5.74, 6) is -0.198. The average molecular weight is 478 g/mol. The highest BCUT2D eigenvalue weighted by Gasteiger charge is 2.41. The lowest BCUT2D eigenvalue weighted by atomic mass is 9.80. The summed E-state index contributed by atoms with van der Waals surface area (Å²) in [5.41, 5.74) is 4.22. The van der Waals surface area contributed by atoms with Gasteiger partial charge in [-0.25, -0.2) is 5.48 Å². The fourth-order valence-corrected chi connectivity index (χ4v) is 5.00. The van der Waals surface area contributed by atoms with Crippen molar-refractivity contribution in [3.63, 3.8) is 0 Å². The number of aryl methyl sites for hydroxylation is 1. The number of benzene rings is 2. The van der Waals surface area contributed by atoms with E-state index in [2.05, 4.69) is 10.3 Å². The molecule has 1 aliphatic rings. The summed E-state index contributed by atoms with van der Waals surface area (Å²) in [5, 5.41) is 13.1. The smallest absolute Gasteiger partial charge is 0.251 e. The molecule has 1 fully saturated rings. The quantitative estimate of drug-likeness (QED) is 0.350. The van der Waals surface area contributed by atoms with Gasteiger partial charge in [-0.05, 0) is 70.0 Å². The molecule has 8 heteroatoms. The summed E-state index contributed by atoms with van der Waals surface area (Å²) in [6, 6.07) is 16.9. The first-order chi connectivity index (χ1) is 16.8. The van der Waals surface area contributed by atoms with E-state index < -0.39 is 11.4 Å². The van der Waals surface area contributed by atoms with E-state index >= 15 is 0 Å². The van der Waals surface area contributed by atoms with E-state index in [0.717, 1.165) is 22.2 Å². The largest absolute Gasteiger partial charge is 0.489 e. The van der Waals surface area contributed by atoms with Crippen LogP contribution in [-0.2, 0) is 16.1 Å². The van der Waals surface area contributed by atoms with Gasteiger partial charge in [-0.1, -0.05) is 18.2 Å². The lowest BCUT2D eigenvalue weighted by molar-refractivity contribution is -0.133. The van der Waals surface area contributed by atoms with Crippen molar-refractivity contribution in [3.05, 3.63) is 71.4 Å². The maximum atomic E-state index is 13.1. The summed E-state index contributed by atoms with van der Waals surface area (Å²) >= 11 is 0. The van der Waals surface area contributed by atoms with Gasteiger partial charge in [0, 0.05) is 22.2 Å². The van der Waals surface area contributed by atoms with E-state index in [-0.39, 0.29) is 24.5 Å².